The van der Waals surface area contributed by atoms with E-state index in [2.05, 4.69) is 11.4 Å². The van der Waals surface area contributed by atoms with E-state index < -0.39 is 0 Å². The number of urea groups is 1. The first-order valence-electron chi connectivity index (χ1n) is 8.59. The van der Waals surface area contributed by atoms with Crippen LogP contribution in [0.5, 0.6) is 0 Å². The molecule has 22 heavy (non-hydrogen) atoms. The summed E-state index contributed by atoms with van der Waals surface area (Å²) in [7, 11) is 0. The van der Waals surface area contributed by atoms with Crippen molar-refractivity contribution in [1.29, 1.82) is 0 Å². The Kier molecular flexibility index (Phi) is 6.74. The summed E-state index contributed by atoms with van der Waals surface area (Å²) in [6.07, 6.45) is 11.9. The summed E-state index contributed by atoms with van der Waals surface area (Å²) in [4.78, 5) is 25.7. The third kappa shape index (κ3) is 5.04. The van der Waals surface area contributed by atoms with Crippen molar-refractivity contribution in [2.24, 2.45) is 11.8 Å². The molecule has 1 saturated carbocycles. The number of nitrogens with one attached hydrogen (secondary N) is 1. The van der Waals surface area contributed by atoms with Gasteiger partial charge in [0, 0.05) is 19.3 Å². The van der Waals surface area contributed by atoms with Crippen LogP contribution in [-0.4, -0.2) is 36.6 Å². The first-order valence-corrected chi connectivity index (χ1v) is 8.59. The second kappa shape index (κ2) is 8.81. The van der Waals surface area contributed by atoms with Crippen LogP contribution < -0.4 is 5.32 Å². The molecule has 0 spiro atoms. The van der Waals surface area contributed by atoms with Crippen LogP contribution in [0, 0.1) is 11.8 Å². The highest BCUT2D eigenvalue weighted by molar-refractivity contribution is 5.77. The van der Waals surface area contributed by atoms with E-state index in [-0.39, 0.29) is 17.9 Å². The summed E-state index contributed by atoms with van der Waals surface area (Å²) in [5, 5.41) is 2.85. The number of ether oxygens (including phenoxy) is 1. The number of allylic oxidation sites excluding steroid dienone is 1. The average molecular weight is 308 g/mol. The molecule has 1 unspecified atom stereocenters. The Morgan fingerprint density at radius 2 is 1.95 bits per heavy atom. The zero-order valence-corrected chi connectivity index (χ0v) is 13.6. The predicted octanol–water partition coefficient (Wildman–Crippen LogP) is 3.07. The van der Waals surface area contributed by atoms with Gasteiger partial charge in [-0.15, -0.1) is 0 Å². The fourth-order valence-corrected chi connectivity index (χ4v) is 3.29. The number of nitrogens with zero attached hydrogens (tertiary/aromatic N) is 1. The molecule has 0 aromatic rings. The first kappa shape index (κ1) is 16.8. The topological polar surface area (TPSA) is 58.6 Å². The molecule has 1 saturated heterocycles. The number of hydrogen-bond donors (Lipinski definition) is 1. The van der Waals surface area contributed by atoms with Crippen molar-refractivity contribution in [3.63, 3.8) is 0 Å². The zero-order chi connectivity index (χ0) is 15.8. The molecule has 1 atom stereocenters. The fraction of sp³-hybridized carbons (Fsp3) is 0.765. The molecule has 0 aromatic carbocycles. The molecule has 1 aliphatic carbocycles. The summed E-state index contributed by atoms with van der Waals surface area (Å²) >= 11 is 0. The SMILES string of the molecule is CCOC(=O)C1CCCN(C(=O)N/C=C/C2CCCCC2)C1. The van der Waals surface area contributed by atoms with Crippen LogP contribution in [0.15, 0.2) is 12.3 Å². The normalized spacial score (nSPS) is 23.5. The molecule has 2 amide bonds. The fourth-order valence-electron chi connectivity index (χ4n) is 3.29. The summed E-state index contributed by atoms with van der Waals surface area (Å²) in [5.41, 5.74) is 0. The average Bonchev–Trinajstić information content (AvgIpc) is 2.56. The van der Waals surface area contributed by atoms with E-state index in [0.717, 1.165) is 12.8 Å². The highest BCUT2D eigenvalue weighted by Crippen LogP contribution is 2.24. The Bertz CT molecular complexity index is 403. The van der Waals surface area contributed by atoms with E-state index >= 15 is 0 Å². The van der Waals surface area contributed by atoms with E-state index in [1.54, 1.807) is 18.0 Å². The maximum absolute atomic E-state index is 12.2. The molecule has 1 heterocycles. The van der Waals surface area contributed by atoms with Crippen molar-refractivity contribution < 1.29 is 14.3 Å². The largest absolute Gasteiger partial charge is 0.466 e. The third-order valence-corrected chi connectivity index (χ3v) is 4.55. The Labute approximate surface area is 133 Å². The zero-order valence-electron chi connectivity index (χ0n) is 13.6. The number of carbonyl (C=O) groups excluding carboxylic acids is 2. The van der Waals surface area contributed by atoms with Crippen molar-refractivity contribution in [3.05, 3.63) is 12.3 Å². The predicted molar refractivity (Wildman–Crippen MR) is 85.2 cm³/mol. The minimum absolute atomic E-state index is 0.110. The van der Waals surface area contributed by atoms with Gasteiger partial charge in [0.25, 0.3) is 0 Å². The molecule has 2 fully saturated rings. The smallest absolute Gasteiger partial charge is 0.321 e. The Morgan fingerprint density at radius 3 is 2.68 bits per heavy atom. The van der Waals surface area contributed by atoms with Crippen LogP contribution in [0.2, 0.25) is 0 Å². The van der Waals surface area contributed by atoms with Gasteiger partial charge >= 0.3 is 12.0 Å². The van der Waals surface area contributed by atoms with Crippen molar-refractivity contribution >= 4 is 12.0 Å². The molecular formula is C17H28N2O3. The lowest BCUT2D eigenvalue weighted by molar-refractivity contribution is -0.149. The summed E-state index contributed by atoms with van der Waals surface area (Å²) in [6, 6.07) is -0.110. The standard InChI is InChI=1S/C17H28N2O3/c1-2-22-16(20)15-9-6-12-19(13-15)17(21)18-11-10-14-7-4-3-5-8-14/h10-11,14-15H,2-9,12-13H2,1H3,(H,18,21)/b11-10+. The summed E-state index contributed by atoms with van der Waals surface area (Å²) in [5.74, 6) is 0.238. The number of esters is 1. The molecule has 1 N–H and O–H groups in total. The van der Waals surface area contributed by atoms with E-state index in [0.29, 0.717) is 25.6 Å². The van der Waals surface area contributed by atoms with Gasteiger partial charge in [0.05, 0.1) is 12.5 Å². The van der Waals surface area contributed by atoms with Crippen LogP contribution in [0.25, 0.3) is 0 Å². The van der Waals surface area contributed by atoms with Crippen molar-refractivity contribution in [3.8, 4) is 0 Å². The lowest BCUT2D eigenvalue weighted by Gasteiger charge is -2.31. The highest BCUT2D eigenvalue weighted by Gasteiger charge is 2.29. The Morgan fingerprint density at radius 1 is 1.18 bits per heavy atom. The van der Waals surface area contributed by atoms with Crippen molar-refractivity contribution in [2.75, 3.05) is 19.7 Å². The minimum Gasteiger partial charge on any atom is -0.466 e. The van der Waals surface area contributed by atoms with E-state index in [1.807, 2.05) is 0 Å². The van der Waals surface area contributed by atoms with Gasteiger partial charge in [-0.2, -0.15) is 0 Å². The summed E-state index contributed by atoms with van der Waals surface area (Å²) in [6.45, 7) is 3.37. The molecule has 2 rings (SSSR count). The molecule has 124 valence electrons. The van der Waals surface area contributed by atoms with Gasteiger partial charge in [0.2, 0.25) is 0 Å². The number of hydrogen-bond acceptors (Lipinski definition) is 3. The quantitative estimate of drug-likeness (QED) is 0.812. The molecule has 1 aliphatic heterocycles. The van der Waals surface area contributed by atoms with Crippen LogP contribution in [0.3, 0.4) is 0 Å². The van der Waals surface area contributed by atoms with Gasteiger partial charge in [-0.1, -0.05) is 25.3 Å². The van der Waals surface area contributed by atoms with Crippen LogP contribution in [-0.2, 0) is 9.53 Å². The van der Waals surface area contributed by atoms with Crippen molar-refractivity contribution in [2.45, 2.75) is 51.9 Å². The maximum atomic E-state index is 12.2. The molecular weight excluding hydrogens is 280 g/mol. The minimum atomic E-state index is -0.183. The third-order valence-electron chi connectivity index (χ3n) is 4.55. The number of carbonyl (C=O) groups is 2. The molecule has 0 aromatic heterocycles. The van der Waals surface area contributed by atoms with Gasteiger partial charge in [-0.25, -0.2) is 4.79 Å². The number of piperidine rings is 1. The van der Waals surface area contributed by atoms with Crippen LogP contribution in [0.4, 0.5) is 4.79 Å². The number of likely N-dealkylation sites (tertiary alicyclic amines) is 1. The van der Waals surface area contributed by atoms with E-state index in [1.165, 1.54) is 32.1 Å². The van der Waals surface area contributed by atoms with Gasteiger partial charge in [-0.05, 0) is 38.5 Å². The summed E-state index contributed by atoms with van der Waals surface area (Å²) < 4.78 is 5.06. The number of rotatable bonds is 4. The van der Waals surface area contributed by atoms with Gasteiger partial charge in [-0.3, -0.25) is 4.79 Å². The van der Waals surface area contributed by atoms with E-state index in [4.69, 9.17) is 4.74 Å². The number of amides is 2. The van der Waals surface area contributed by atoms with Crippen LogP contribution in [0.1, 0.15) is 51.9 Å². The highest BCUT2D eigenvalue weighted by atomic mass is 16.5. The molecule has 0 radical (unpaired) electrons. The van der Waals surface area contributed by atoms with Crippen molar-refractivity contribution in [1.82, 2.24) is 10.2 Å². The van der Waals surface area contributed by atoms with Crippen LogP contribution >= 0.6 is 0 Å². The van der Waals surface area contributed by atoms with Gasteiger partial charge in [0.15, 0.2) is 0 Å². The lowest BCUT2D eigenvalue weighted by atomic mass is 9.89. The molecule has 5 heteroatoms. The first-order chi connectivity index (χ1) is 10.7. The Hall–Kier alpha value is -1.52. The Balaban J connectivity index is 1.76. The second-order valence-corrected chi connectivity index (χ2v) is 6.24. The lowest BCUT2D eigenvalue weighted by Crippen LogP contribution is -2.46. The van der Waals surface area contributed by atoms with Gasteiger partial charge < -0.3 is 15.0 Å². The second-order valence-electron chi connectivity index (χ2n) is 6.24. The maximum Gasteiger partial charge on any atom is 0.321 e. The molecule has 2 aliphatic rings. The monoisotopic (exact) mass is 308 g/mol. The molecule has 5 nitrogen and oxygen atoms in total. The molecule has 0 bridgehead atoms. The van der Waals surface area contributed by atoms with Gasteiger partial charge in [0.1, 0.15) is 0 Å². The van der Waals surface area contributed by atoms with E-state index in [9.17, 15) is 9.59 Å².